The predicted molar refractivity (Wildman–Crippen MR) is 54.5 cm³/mol. The molecule has 2 saturated heterocycles. The maximum absolute atomic E-state index is 11.7. The second-order valence-corrected chi connectivity index (χ2v) is 4.33. The smallest absolute Gasteiger partial charge is 0.410 e. The lowest BCUT2D eigenvalue weighted by Gasteiger charge is -2.34. The number of hydrogen-bond acceptors (Lipinski definition) is 3. The van der Waals surface area contributed by atoms with Gasteiger partial charge in [-0.25, -0.2) is 4.79 Å². The molecule has 3 aliphatic rings. The zero-order chi connectivity index (χ0) is 10.8. The maximum atomic E-state index is 11.7. The second-order valence-electron chi connectivity index (χ2n) is 4.33. The molecule has 4 heteroatoms. The number of ether oxygens (including phenoxy) is 1. The first kappa shape index (κ1) is 10.5. The average molecular weight is 211 g/mol. The lowest BCUT2D eigenvalue weighted by molar-refractivity contribution is -0.127. The molecule has 84 valence electrons. The lowest BCUT2D eigenvalue weighted by atomic mass is 9.94. The maximum Gasteiger partial charge on any atom is 0.410 e. The molecule has 4 nitrogen and oxygen atoms in total. The largest absolute Gasteiger partial charge is 0.450 e. The van der Waals surface area contributed by atoms with E-state index < -0.39 is 0 Å². The number of amides is 1. The first-order valence-electron chi connectivity index (χ1n) is 5.68. The monoisotopic (exact) mass is 211 g/mol. The molecule has 1 amide bonds. The van der Waals surface area contributed by atoms with Crippen LogP contribution in [0.1, 0.15) is 32.6 Å². The van der Waals surface area contributed by atoms with Crippen molar-refractivity contribution in [3.8, 4) is 0 Å². The van der Waals surface area contributed by atoms with Gasteiger partial charge in [0.15, 0.2) is 5.78 Å². The minimum Gasteiger partial charge on any atom is -0.450 e. The van der Waals surface area contributed by atoms with Crippen molar-refractivity contribution in [1.82, 2.24) is 4.90 Å². The summed E-state index contributed by atoms with van der Waals surface area (Å²) in [4.78, 5) is 25.0. The Bertz CT molecular complexity index is 277. The summed E-state index contributed by atoms with van der Waals surface area (Å²) in [5.41, 5.74) is 0. The highest BCUT2D eigenvalue weighted by molar-refractivity contribution is 5.89. The number of carbonyl (C=O) groups excluding carboxylic acids is 2. The fourth-order valence-corrected chi connectivity index (χ4v) is 2.58. The summed E-state index contributed by atoms with van der Waals surface area (Å²) < 4.78 is 4.97. The quantitative estimate of drug-likeness (QED) is 0.661. The van der Waals surface area contributed by atoms with Gasteiger partial charge in [0.25, 0.3) is 0 Å². The Morgan fingerprint density at radius 3 is 3.07 bits per heavy atom. The number of piperidine rings is 1. The van der Waals surface area contributed by atoms with Crippen molar-refractivity contribution in [2.75, 3.05) is 13.2 Å². The molecule has 0 N–H and O–H groups in total. The highest BCUT2D eigenvalue weighted by Gasteiger charge is 2.40. The minimum absolute atomic E-state index is 0.206. The van der Waals surface area contributed by atoms with Crippen LogP contribution in [0.2, 0.25) is 0 Å². The number of nitrogens with zero attached hydrogens (tertiary/aromatic N) is 1. The highest BCUT2D eigenvalue weighted by atomic mass is 16.6. The fraction of sp³-hybridized carbons (Fsp3) is 0.818. The molecule has 2 unspecified atom stereocenters. The van der Waals surface area contributed by atoms with E-state index in [0.29, 0.717) is 25.5 Å². The first-order chi connectivity index (χ1) is 7.22. The number of hydrogen-bond donors (Lipinski definition) is 0. The molecule has 2 atom stereocenters. The molecule has 2 heterocycles. The Hall–Kier alpha value is -1.06. The van der Waals surface area contributed by atoms with E-state index in [-0.39, 0.29) is 17.9 Å². The second kappa shape index (κ2) is 4.21. The predicted octanol–water partition coefficient (Wildman–Crippen LogP) is 1.59. The van der Waals surface area contributed by atoms with Crippen LogP contribution in [0, 0.1) is 5.92 Å². The van der Waals surface area contributed by atoms with Crippen molar-refractivity contribution in [3.05, 3.63) is 0 Å². The zero-order valence-electron chi connectivity index (χ0n) is 9.07. The molecule has 1 aliphatic carbocycles. The molecule has 2 bridgehead atoms. The normalized spacial score (nSPS) is 30.2. The Labute approximate surface area is 89.6 Å². The van der Waals surface area contributed by atoms with Crippen molar-refractivity contribution in [2.24, 2.45) is 5.92 Å². The van der Waals surface area contributed by atoms with E-state index in [0.717, 1.165) is 19.3 Å². The van der Waals surface area contributed by atoms with E-state index in [1.807, 2.05) is 0 Å². The van der Waals surface area contributed by atoms with E-state index in [1.165, 1.54) is 0 Å². The van der Waals surface area contributed by atoms with Gasteiger partial charge in [0.2, 0.25) is 0 Å². The molecule has 0 radical (unpaired) electrons. The van der Waals surface area contributed by atoms with Crippen molar-refractivity contribution in [3.63, 3.8) is 0 Å². The molecule has 1 saturated carbocycles. The molecule has 0 aromatic rings. The van der Waals surface area contributed by atoms with Crippen LogP contribution in [0.3, 0.4) is 0 Å². The van der Waals surface area contributed by atoms with Crippen LogP contribution in [0.5, 0.6) is 0 Å². The number of ketones is 1. The van der Waals surface area contributed by atoms with Crippen LogP contribution in [0.25, 0.3) is 0 Å². The number of Topliss-reactive ketones (excluding diaryl/α,β-unsaturated/α-hetero) is 1. The van der Waals surface area contributed by atoms with E-state index >= 15 is 0 Å². The molecule has 15 heavy (non-hydrogen) atoms. The molecule has 0 spiro atoms. The van der Waals surface area contributed by atoms with Crippen molar-refractivity contribution >= 4 is 11.9 Å². The molecular weight excluding hydrogens is 194 g/mol. The van der Waals surface area contributed by atoms with Gasteiger partial charge in [-0.05, 0) is 25.7 Å². The SMILES string of the molecule is CCOC(=O)N1CC2CCCC1C(=O)C2. The van der Waals surface area contributed by atoms with E-state index in [4.69, 9.17) is 4.74 Å². The lowest BCUT2D eigenvalue weighted by Crippen LogP contribution is -2.50. The van der Waals surface area contributed by atoms with Gasteiger partial charge in [-0.2, -0.15) is 0 Å². The molecule has 3 rings (SSSR count). The van der Waals surface area contributed by atoms with Gasteiger partial charge in [-0.1, -0.05) is 6.42 Å². The molecule has 3 fully saturated rings. The van der Waals surface area contributed by atoms with Crippen LogP contribution in [-0.4, -0.2) is 36.0 Å². The summed E-state index contributed by atoms with van der Waals surface area (Å²) >= 11 is 0. The van der Waals surface area contributed by atoms with E-state index in [1.54, 1.807) is 11.8 Å². The van der Waals surface area contributed by atoms with Crippen molar-refractivity contribution in [1.29, 1.82) is 0 Å². The van der Waals surface area contributed by atoms with E-state index in [9.17, 15) is 9.59 Å². The van der Waals surface area contributed by atoms with Crippen LogP contribution in [0.4, 0.5) is 4.79 Å². The topological polar surface area (TPSA) is 46.6 Å². The third-order valence-electron chi connectivity index (χ3n) is 3.28. The van der Waals surface area contributed by atoms with Gasteiger partial charge in [0.1, 0.15) is 0 Å². The third-order valence-corrected chi connectivity index (χ3v) is 3.28. The summed E-state index contributed by atoms with van der Waals surface area (Å²) in [5.74, 6) is 0.581. The summed E-state index contributed by atoms with van der Waals surface area (Å²) in [6, 6.07) is -0.206. The van der Waals surface area contributed by atoms with Crippen molar-refractivity contribution in [2.45, 2.75) is 38.6 Å². The third kappa shape index (κ3) is 1.98. The van der Waals surface area contributed by atoms with Gasteiger partial charge < -0.3 is 4.74 Å². The Morgan fingerprint density at radius 1 is 1.53 bits per heavy atom. The minimum atomic E-state index is -0.317. The molecule has 0 aromatic carbocycles. The Morgan fingerprint density at radius 2 is 2.33 bits per heavy atom. The van der Waals surface area contributed by atoms with E-state index in [2.05, 4.69) is 0 Å². The van der Waals surface area contributed by atoms with Gasteiger partial charge in [-0.3, -0.25) is 9.69 Å². The van der Waals surface area contributed by atoms with Gasteiger partial charge in [0, 0.05) is 13.0 Å². The average Bonchev–Trinajstić information content (AvgIpc) is 2.50. The fourth-order valence-electron chi connectivity index (χ4n) is 2.58. The van der Waals surface area contributed by atoms with Crippen LogP contribution in [0.15, 0.2) is 0 Å². The molecular formula is C11H17NO3. The summed E-state index contributed by atoms with van der Waals surface area (Å²) in [5, 5.41) is 0. The van der Waals surface area contributed by atoms with Gasteiger partial charge in [0.05, 0.1) is 12.6 Å². The number of rotatable bonds is 1. The summed E-state index contributed by atoms with van der Waals surface area (Å²) in [7, 11) is 0. The highest BCUT2D eigenvalue weighted by Crippen LogP contribution is 2.31. The zero-order valence-corrected chi connectivity index (χ0v) is 9.07. The van der Waals surface area contributed by atoms with Gasteiger partial charge >= 0.3 is 6.09 Å². The Balaban J connectivity index is 2.12. The molecule has 2 aliphatic heterocycles. The van der Waals surface area contributed by atoms with Crippen LogP contribution in [-0.2, 0) is 9.53 Å². The van der Waals surface area contributed by atoms with Crippen molar-refractivity contribution < 1.29 is 14.3 Å². The summed E-state index contributed by atoms with van der Waals surface area (Å²) in [6.07, 6.45) is 3.27. The standard InChI is InChI=1S/C11H17NO3/c1-2-15-11(14)12-7-8-4-3-5-9(12)10(13)6-8/h8-9H,2-7H2,1H3. The van der Waals surface area contributed by atoms with Crippen LogP contribution < -0.4 is 0 Å². The molecule has 0 aromatic heterocycles. The summed E-state index contributed by atoms with van der Waals surface area (Å²) in [6.45, 7) is 2.87. The van der Waals surface area contributed by atoms with Gasteiger partial charge in [-0.15, -0.1) is 0 Å². The van der Waals surface area contributed by atoms with Crippen LogP contribution >= 0.6 is 0 Å². The first-order valence-corrected chi connectivity index (χ1v) is 5.68. The Kier molecular flexibility index (Phi) is 2.93. The number of carbonyl (C=O) groups is 2. The number of fused-ring (bicyclic) bond motifs is 4.